The summed E-state index contributed by atoms with van der Waals surface area (Å²) in [4.78, 5) is 0. The third kappa shape index (κ3) is 18.8. The van der Waals surface area contributed by atoms with Crippen molar-refractivity contribution in [3.05, 3.63) is 58.7 Å². The van der Waals surface area contributed by atoms with E-state index in [2.05, 4.69) is 50.2 Å². The predicted molar refractivity (Wildman–Crippen MR) is 237 cm³/mol. The molecule has 14 nitrogen and oxygen atoms in total. The molecule has 2 aliphatic rings. The number of aryl methyl sites for hydroxylation is 2. The van der Waals surface area contributed by atoms with E-state index in [1.54, 1.807) is 7.11 Å². The zero-order chi connectivity index (χ0) is 43.8. The molecule has 0 amide bonds. The number of ether oxygens (including phenoxy) is 14. The molecule has 354 valence electrons. The minimum Gasteiger partial charge on any atom is -0.382 e. The van der Waals surface area contributed by atoms with Crippen LogP contribution in [0.25, 0.3) is 11.1 Å². The van der Waals surface area contributed by atoms with E-state index in [9.17, 15) is 0 Å². The zero-order valence-electron chi connectivity index (χ0n) is 38.3. The monoisotopic (exact) mass is 879 g/mol. The highest BCUT2D eigenvalue weighted by Gasteiger charge is 2.57. The van der Waals surface area contributed by atoms with Crippen LogP contribution in [0.5, 0.6) is 0 Å². The molecule has 62 heavy (non-hydrogen) atoms. The number of rotatable bonds is 41. The quantitative estimate of drug-likeness (QED) is 0.0783. The first-order valence-corrected chi connectivity index (χ1v) is 22.8. The van der Waals surface area contributed by atoms with Gasteiger partial charge in [-0.05, 0) is 67.7 Å². The Labute approximate surface area is 371 Å². The van der Waals surface area contributed by atoms with Crippen LogP contribution in [0.4, 0.5) is 0 Å². The maximum atomic E-state index is 6.38. The fourth-order valence-corrected chi connectivity index (χ4v) is 8.17. The van der Waals surface area contributed by atoms with E-state index in [-0.39, 0.29) is 5.41 Å². The Hall–Kier alpha value is -2.12. The van der Waals surface area contributed by atoms with E-state index in [0.717, 1.165) is 12.8 Å². The number of hydrogen-bond acceptors (Lipinski definition) is 14. The summed E-state index contributed by atoms with van der Waals surface area (Å²) in [5.74, 6) is 0.702. The van der Waals surface area contributed by atoms with Gasteiger partial charge in [-0.1, -0.05) is 47.5 Å². The third-order valence-corrected chi connectivity index (χ3v) is 11.0. The van der Waals surface area contributed by atoms with Gasteiger partial charge in [-0.3, -0.25) is 0 Å². The molecule has 0 saturated heterocycles. The molecular weight excluding hydrogens is 801 g/mol. The highest BCUT2D eigenvalue weighted by Crippen LogP contribution is 2.62. The standard InChI is InChI=1S/C48H78O14/c1-5-50-14-34-61-38-42-8-9-43(48(42)46-36-40(2)6-10-44(46)45-11-7-41(3)37-47(45)48)39-62-35-33-60-32-31-59-30-29-58-28-27-57-26-25-56-24-23-55-22-21-54-20-19-53-18-17-52-16-15-51-13-12-49-4/h6-7,10-11,36-37,42-43H,5,8-9,12-35,38-39H2,1-4H3. The van der Waals surface area contributed by atoms with E-state index in [1.165, 1.54) is 33.4 Å². The second-order valence-electron chi connectivity index (χ2n) is 15.4. The van der Waals surface area contributed by atoms with Crippen molar-refractivity contribution in [3.63, 3.8) is 0 Å². The fraction of sp³-hybridized carbons (Fsp3) is 0.750. The van der Waals surface area contributed by atoms with Gasteiger partial charge in [0.1, 0.15) is 0 Å². The van der Waals surface area contributed by atoms with Crippen molar-refractivity contribution in [2.24, 2.45) is 11.8 Å². The van der Waals surface area contributed by atoms with Crippen LogP contribution in [0.15, 0.2) is 36.4 Å². The summed E-state index contributed by atoms with van der Waals surface area (Å²) in [7, 11) is 1.65. The lowest BCUT2D eigenvalue weighted by Crippen LogP contribution is -2.41. The Morgan fingerprint density at radius 1 is 0.387 bits per heavy atom. The van der Waals surface area contributed by atoms with E-state index in [0.29, 0.717) is 190 Å². The van der Waals surface area contributed by atoms with Crippen LogP contribution in [-0.2, 0) is 71.7 Å². The SMILES string of the molecule is CCOCCOCC1CCC(COCCOCCOCCOCCOCCOCCOCCOCCOCCOCCOCCOC)C12c1cc(C)ccc1-c1ccc(C)cc12. The van der Waals surface area contributed by atoms with Crippen molar-refractivity contribution >= 4 is 0 Å². The second kappa shape index (κ2) is 33.4. The van der Waals surface area contributed by atoms with Gasteiger partial charge in [0.25, 0.3) is 0 Å². The first-order valence-electron chi connectivity index (χ1n) is 22.8. The summed E-state index contributed by atoms with van der Waals surface area (Å²) in [6.07, 6.45) is 2.19. The van der Waals surface area contributed by atoms with Gasteiger partial charge in [0, 0.05) is 19.1 Å². The number of hydrogen-bond donors (Lipinski definition) is 0. The van der Waals surface area contributed by atoms with E-state index >= 15 is 0 Å². The molecule has 1 fully saturated rings. The molecule has 2 aromatic rings. The smallest absolute Gasteiger partial charge is 0.0701 e. The van der Waals surface area contributed by atoms with Gasteiger partial charge in [-0.15, -0.1) is 0 Å². The minimum absolute atomic E-state index is 0.144. The molecule has 2 atom stereocenters. The molecule has 1 spiro atoms. The highest BCUT2D eigenvalue weighted by molar-refractivity contribution is 5.82. The topological polar surface area (TPSA) is 129 Å². The summed E-state index contributed by atoms with van der Waals surface area (Å²) >= 11 is 0. The summed E-state index contributed by atoms with van der Waals surface area (Å²) in [5.41, 5.74) is 8.00. The largest absolute Gasteiger partial charge is 0.382 e. The maximum Gasteiger partial charge on any atom is 0.0701 e. The van der Waals surface area contributed by atoms with Gasteiger partial charge in [-0.25, -0.2) is 0 Å². The summed E-state index contributed by atoms with van der Waals surface area (Å²) < 4.78 is 78.6. The molecule has 14 heteroatoms. The van der Waals surface area contributed by atoms with Gasteiger partial charge >= 0.3 is 0 Å². The Bertz CT molecular complexity index is 1360. The van der Waals surface area contributed by atoms with E-state index in [4.69, 9.17) is 66.3 Å². The maximum absolute atomic E-state index is 6.38. The van der Waals surface area contributed by atoms with Crippen molar-refractivity contribution in [1.82, 2.24) is 0 Å². The summed E-state index contributed by atoms with van der Waals surface area (Å²) in [6.45, 7) is 21.3. The zero-order valence-corrected chi connectivity index (χ0v) is 38.3. The molecular formula is C48H78O14. The average molecular weight is 879 g/mol. The predicted octanol–water partition coefficient (Wildman–Crippen LogP) is 5.48. The van der Waals surface area contributed by atoms with E-state index < -0.39 is 0 Å². The molecule has 2 unspecified atom stereocenters. The van der Waals surface area contributed by atoms with Crippen molar-refractivity contribution in [3.8, 4) is 11.1 Å². The first-order chi connectivity index (χ1) is 30.6. The van der Waals surface area contributed by atoms with Crippen LogP contribution in [0, 0.1) is 25.7 Å². The minimum atomic E-state index is -0.144. The lowest BCUT2D eigenvalue weighted by Gasteiger charge is -2.39. The normalized spacial score (nSPS) is 16.5. The third-order valence-electron chi connectivity index (χ3n) is 11.0. The van der Waals surface area contributed by atoms with Crippen molar-refractivity contribution in [2.45, 2.75) is 39.0 Å². The van der Waals surface area contributed by atoms with Gasteiger partial charge in [0.15, 0.2) is 0 Å². The van der Waals surface area contributed by atoms with Crippen LogP contribution < -0.4 is 0 Å². The average Bonchev–Trinajstić information content (AvgIpc) is 3.77. The molecule has 2 aromatic carbocycles. The van der Waals surface area contributed by atoms with Gasteiger partial charge in [0.2, 0.25) is 0 Å². The summed E-state index contributed by atoms with van der Waals surface area (Å²) in [6, 6.07) is 13.9. The van der Waals surface area contributed by atoms with Gasteiger partial charge < -0.3 is 66.3 Å². The molecule has 0 aliphatic heterocycles. The van der Waals surface area contributed by atoms with E-state index in [1.807, 2.05) is 6.92 Å². The Morgan fingerprint density at radius 2 is 0.661 bits per heavy atom. The van der Waals surface area contributed by atoms with Crippen LogP contribution in [0.2, 0.25) is 0 Å². The molecule has 1 saturated carbocycles. The first kappa shape index (κ1) is 52.5. The van der Waals surface area contributed by atoms with Crippen LogP contribution in [0.1, 0.15) is 42.0 Å². The molecule has 0 N–H and O–H groups in total. The molecule has 0 aromatic heterocycles. The highest BCUT2D eigenvalue weighted by atomic mass is 16.6. The fourth-order valence-electron chi connectivity index (χ4n) is 8.17. The molecule has 0 heterocycles. The Kier molecular flexibility index (Phi) is 28.3. The van der Waals surface area contributed by atoms with Crippen LogP contribution >= 0.6 is 0 Å². The van der Waals surface area contributed by atoms with Crippen molar-refractivity contribution < 1.29 is 66.3 Å². The van der Waals surface area contributed by atoms with Gasteiger partial charge in [-0.2, -0.15) is 0 Å². The Morgan fingerprint density at radius 3 is 0.952 bits per heavy atom. The number of fused-ring (bicyclic) bond motifs is 5. The van der Waals surface area contributed by atoms with Crippen LogP contribution in [-0.4, -0.2) is 185 Å². The van der Waals surface area contributed by atoms with Crippen LogP contribution in [0.3, 0.4) is 0 Å². The van der Waals surface area contributed by atoms with Crippen molar-refractivity contribution in [1.29, 1.82) is 0 Å². The molecule has 4 rings (SSSR count). The molecule has 0 radical (unpaired) electrons. The second-order valence-corrected chi connectivity index (χ2v) is 15.4. The molecule has 0 bridgehead atoms. The molecule has 2 aliphatic carbocycles. The number of benzene rings is 2. The lowest BCUT2D eigenvalue weighted by molar-refractivity contribution is -0.0287. The van der Waals surface area contributed by atoms with Crippen molar-refractivity contribution in [2.75, 3.05) is 185 Å². The number of methoxy groups -OCH3 is 1. The van der Waals surface area contributed by atoms with Gasteiger partial charge in [0.05, 0.1) is 172 Å². The summed E-state index contributed by atoms with van der Waals surface area (Å²) in [5, 5.41) is 0. The Balaban J connectivity index is 0.934. The lowest BCUT2D eigenvalue weighted by atomic mass is 9.65.